The van der Waals surface area contributed by atoms with E-state index in [0.717, 1.165) is 22.4 Å². The third kappa shape index (κ3) is 5.29. The number of carbonyl (C=O) groups is 1. The Bertz CT molecular complexity index is 1330. The van der Waals surface area contributed by atoms with Gasteiger partial charge in [-0.2, -0.15) is 5.10 Å². The van der Waals surface area contributed by atoms with E-state index >= 15 is 0 Å². The Morgan fingerprint density at radius 1 is 1.12 bits per heavy atom. The van der Waals surface area contributed by atoms with Crippen LogP contribution in [0.15, 0.2) is 79.6 Å². The summed E-state index contributed by atoms with van der Waals surface area (Å²) >= 11 is 0. The van der Waals surface area contributed by atoms with Crippen LogP contribution in [-0.2, 0) is 13.6 Å². The molecule has 2 aromatic heterocycles. The highest BCUT2D eigenvalue weighted by Gasteiger charge is 2.13. The number of anilines is 1. The Balaban J connectivity index is 1.45. The number of rotatable bonds is 8. The van der Waals surface area contributed by atoms with Crippen LogP contribution in [0.25, 0.3) is 5.70 Å². The van der Waals surface area contributed by atoms with Crippen LogP contribution in [-0.4, -0.2) is 20.7 Å². The Morgan fingerprint density at radius 2 is 1.91 bits per heavy atom. The van der Waals surface area contributed by atoms with Crippen molar-refractivity contribution >= 4 is 17.4 Å². The lowest BCUT2D eigenvalue weighted by atomic mass is 10.0. The lowest BCUT2D eigenvalue weighted by Gasteiger charge is -2.16. The van der Waals surface area contributed by atoms with E-state index in [-0.39, 0.29) is 11.7 Å². The largest absolute Gasteiger partial charge is 0.457 e. The molecule has 2 N–H and O–H groups in total. The van der Waals surface area contributed by atoms with Crippen molar-refractivity contribution in [3.63, 3.8) is 0 Å². The van der Waals surface area contributed by atoms with E-state index in [1.54, 1.807) is 49.8 Å². The number of pyridine rings is 1. The number of halogens is 1. The molecule has 0 aliphatic carbocycles. The molecule has 0 atom stereocenters. The maximum absolute atomic E-state index is 13.1. The van der Waals surface area contributed by atoms with Crippen molar-refractivity contribution in [2.24, 2.45) is 7.05 Å². The monoisotopic (exact) mass is 457 g/mol. The third-order valence-corrected chi connectivity index (χ3v) is 5.28. The summed E-state index contributed by atoms with van der Waals surface area (Å²) in [5.41, 5.74) is 3.90. The average Bonchev–Trinajstić information content (AvgIpc) is 3.26. The molecule has 0 radical (unpaired) electrons. The first kappa shape index (κ1) is 22.7. The number of amides is 1. The van der Waals surface area contributed by atoms with Gasteiger partial charge in [-0.25, -0.2) is 9.37 Å². The minimum Gasteiger partial charge on any atom is -0.457 e. The summed E-state index contributed by atoms with van der Waals surface area (Å²) in [6, 6.07) is 17.0. The zero-order chi connectivity index (χ0) is 24.1. The number of hydrogen-bond acceptors (Lipinski definition) is 5. The summed E-state index contributed by atoms with van der Waals surface area (Å²) in [4.78, 5) is 16.6. The Kier molecular flexibility index (Phi) is 6.68. The Labute approximate surface area is 196 Å². The second kappa shape index (κ2) is 9.99. The van der Waals surface area contributed by atoms with Gasteiger partial charge in [0.25, 0.3) is 5.91 Å². The summed E-state index contributed by atoms with van der Waals surface area (Å²) in [5, 5.41) is 10.0. The van der Waals surface area contributed by atoms with Gasteiger partial charge >= 0.3 is 0 Å². The number of hydrogen-bond donors (Lipinski definition) is 2. The molecule has 34 heavy (non-hydrogen) atoms. The molecule has 172 valence electrons. The van der Waals surface area contributed by atoms with Crippen molar-refractivity contribution in [3.8, 4) is 11.5 Å². The van der Waals surface area contributed by atoms with Crippen LogP contribution in [0, 0.1) is 12.7 Å². The average molecular weight is 458 g/mol. The van der Waals surface area contributed by atoms with Crippen molar-refractivity contribution < 1.29 is 13.9 Å². The Hall–Kier alpha value is -4.46. The predicted octanol–water partition coefficient (Wildman–Crippen LogP) is 5.07. The summed E-state index contributed by atoms with van der Waals surface area (Å²) in [6.45, 7) is 6.61. The standard InChI is InChI=1S/C26H24FN5O2/c1-17-22(18(2)29-16-19-7-9-20(27)10-8-19)5-4-6-24(17)34-21-11-13-28-25(15-21)31-26(33)23-12-14-30-32(23)3/h4-15,29H,2,16H2,1,3H3,(H,28,31,33). The second-order valence-electron chi connectivity index (χ2n) is 7.66. The number of nitrogens with one attached hydrogen (secondary N) is 2. The van der Waals surface area contributed by atoms with Crippen LogP contribution in [0.5, 0.6) is 11.5 Å². The molecule has 2 heterocycles. The first-order chi connectivity index (χ1) is 16.4. The van der Waals surface area contributed by atoms with Crippen LogP contribution < -0.4 is 15.4 Å². The van der Waals surface area contributed by atoms with Gasteiger partial charge in [0.05, 0.1) is 0 Å². The molecule has 0 aliphatic heterocycles. The molecule has 0 fully saturated rings. The zero-order valence-electron chi connectivity index (χ0n) is 18.9. The van der Waals surface area contributed by atoms with E-state index in [9.17, 15) is 9.18 Å². The minimum absolute atomic E-state index is 0.265. The van der Waals surface area contributed by atoms with Crippen molar-refractivity contribution in [2.45, 2.75) is 13.5 Å². The molecule has 2 aromatic carbocycles. The van der Waals surface area contributed by atoms with Crippen LogP contribution in [0.1, 0.15) is 27.2 Å². The van der Waals surface area contributed by atoms with Gasteiger partial charge in [0, 0.05) is 48.9 Å². The van der Waals surface area contributed by atoms with Gasteiger partial charge in [0.15, 0.2) is 0 Å². The number of aryl methyl sites for hydroxylation is 1. The van der Waals surface area contributed by atoms with Gasteiger partial charge in [-0.15, -0.1) is 0 Å². The molecule has 0 aliphatic rings. The molecule has 1 amide bonds. The molecule has 0 spiro atoms. The molecule has 0 saturated heterocycles. The van der Waals surface area contributed by atoms with E-state index < -0.39 is 0 Å². The highest BCUT2D eigenvalue weighted by atomic mass is 19.1. The van der Waals surface area contributed by atoms with Crippen molar-refractivity contribution in [2.75, 3.05) is 5.32 Å². The van der Waals surface area contributed by atoms with Crippen LogP contribution in [0.2, 0.25) is 0 Å². The summed E-state index contributed by atoms with van der Waals surface area (Å²) in [5.74, 6) is 0.964. The van der Waals surface area contributed by atoms with Gasteiger partial charge in [-0.1, -0.05) is 30.8 Å². The fourth-order valence-electron chi connectivity index (χ4n) is 3.41. The molecule has 4 aromatic rings. The van der Waals surface area contributed by atoms with Crippen molar-refractivity contribution in [1.82, 2.24) is 20.1 Å². The smallest absolute Gasteiger partial charge is 0.275 e. The number of ether oxygens (including phenoxy) is 1. The van der Waals surface area contributed by atoms with Gasteiger partial charge in [-0.3, -0.25) is 9.48 Å². The predicted molar refractivity (Wildman–Crippen MR) is 129 cm³/mol. The number of aromatic nitrogens is 3. The highest BCUT2D eigenvalue weighted by Crippen LogP contribution is 2.30. The molecule has 0 unspecified atom stereocenters. The fourth-order valence-corrected chi connectivity index (χ4v) is 3.41. The van der Waals surface area contributed by atoms with Gasteiger partial charge in [0.1, 0.15) is 28.8 Å². The lowest BCUT2D eigenvalue weighted by molar-refractivity contribution is 0.101. The van der Waals surface area contributed by atoms with Crippen LogP contribution in [0.4, 0.5) is 10.2 Å². The fraction of sp³-hybridized carbons (Fsp3) is 0.115. The molecular formula is C26H24FN5O2. The van der Waals surface area contributed by atoms with Gasteiger partial charge in [-0.05, 0) is 42.8 Å². The summed E-state index contributed by atoms with van der Waals surface area (Å²) in [6.07, 6.45) is 3.12. The summed E-state index contributed by atoms with van der Waals surface area (Å²) in [7, 11) is 1.69. The van der Waals surface area contributed by atoms with Gasteiger partial charge in [0.2, 0.25) is 0 Å². The van der Waals surface area contributed by atoms with E-state index in [1.165, 1.54) is 16.8 Å². The topological polar surface area (TPSA) is 81.1 Å². The minimum atomic E-state index is -0.314. The van der Waals surface area contributed by atoms with E-state index in [1.807, 2.05) is 25.1 Å². The maximum Gasteiger partial charge on any atom is 0.275 e. The Morgan fingerprint density at radius 3 is 2.65 bits per heavy atom. The molecule has 0 saturated carbocycles. The first-order valence-corrected chi connectivity index (χ1v) is 10.6. The number of carbonyl (C=O) groups excluding carboxylic acids is 1. The van der Waals surface area contributed by atoms with Crippen LogP contribution >= 0.6 is 0 Å². The van der Waals surface area contributed by atoms with E-state index in [4.69, 9.17) is 4.74 Å². The van der Waals surface area contributed by atoms with Gasteiger partial charge < -0.3 is 15.4 Å². The normalized spacial score (nSPS) is 10.6. The molecule has 0 bridgehead atoms. The quantitative estimate of drug-likeness (QED) is 0.386. The summed E-state index contributed by atoms with van der Waals surface area (Å²) < 4.78 is 20.7. The highest BCUT2D eigenvalue weighted by molar-refractivity contribution is 6.02. The molecule has 7 nitrogen and oxygen atoms in total. The SMILES string of the molecule is C=C(NCc1ccc(F)cc1)c1cccc(Oc2ccnc(NC(=O)c3ccnn3C)c2)c1C. The van der Waals surface area contributed by atoms with Crippen LogP contribution in [0.3, 0.4) is 0 Å². The molecule has 8 heteroatoms. The zero-order valence-corrected chi connectivity index (χ0v) is 18.9. The first-order valence-electron chi connectivity index (χ1n) is 10.6. The number of nitrogens with zero attached hydrogens (tertiary/aromatic N) is 3. The van der Waals surface area contributed by atoms with E-state index in [2.05, 4.69) is 27.3 Å². The third-order valence-electron chi connectivity index (χ3n) is 5.28. The molecular weight excluding hydrogens is 433 g/mol. The number of benzene rings is 2. The second-order valence-corrected chi connectivity index (χ2v) is 7.66. The molecule has 4 rings (SSSR count). The van der Waals surface area contributed by atoms with E-state index in [0.29, 0.717) is 29.6 Å². The lowest BCUT2D eigenvalue weighted by Crippen LogP contribution is -2.16. The maximum atomic E-state index is 13.1. The van der Waals surface area contributed by atoms with Crippen molar-refractivity contribution in [3.05, 3.63) is 108 Å². The van der Waals surface area contributed by atoms with Crippen molar-refractivity contribution in [1.29, 1.82) is 0 Å².